The first kappa shape index (κ1) is 15.2. The fourth-order valence-electron chi connectivity index (χ4n) is 2.18. The van der Waals surface area contributed by atoms with Gasteiger partial charge in [-0.3, -0.25) is 4.79 Å². The predicted molar refractivity (Wildman–Crippen MR) is 78.1 cm³/mol. The first-order chi connectivity index (χ1) is 9.95. The Morgan fingerprint density at radius 2 is 1.62 bits per heavy atom. The molecule has 0 heterocycles. The Morgan fingerprint density at radius 3 is 2.19 bits per heavy atom. The summed E-state index contributed by atoms with van der Waals surface area (Å²) in [6.45, 7) is 0. The van der Waals surface area contributed by atoms with Crippen LogP contribution in [0.2, 0.25) is 0 Å². The van der Waals surface area contributed by atoms with Crippen molar-refractivity contribution in [3.05, 3.63) is 65.7 Å². The van der Waals surface area contributed by atoms with Crippen LogP contribution in [0.3, 0.4) is 0 Å². The third kappa shape index (κ3) is 3.29. The van der Waals surface area contributed by atoms with E-state index in [1.165, 1.54) is 13.2 Å². The summed E-state index contributed by atoms with van der Waals surface area (Å²) in [5.74, 6) is -1.39. The zero-order valence-electron chi connectivity index (χ0n) is 11.4. The second kappa shape index (κ2) is 6.07. The molecule has 2 aromatic carbocycles. The summed E-state index contributed by atoms with van der Waals surface area (Å²) in [4.78, 5) is 12.1. The van der Waals surface area contributed by atoms with E-state index in [0.29, 0.717) is 11.1 Å². The lowest BCUT2D eigenvalue weighted by molar-refractivity contribution is -0.141. The van der Waals surface area contributed by atoms with Crippen molar-refractivity contribution in [3.63, 3.8) is 0 Å². The summed E-state index contributed by atoms with van der Waals surface area (Å²) >= 11 is 0. The molecule has 0 radical (unpaired) electrons. The van der Waals surface area contributed by atoms with Crippen molar-refractivity contribution in [2.45, 2.75) is 10.8 Å². The molecule has 0 bridgehead atoms. The Bertz CT molecular complexity index is 741. The van der Waals surface area contributed by atoms with Gasteiger partial charge in [-0.05, 0) is 17.2 Å². The van der Waals surface area contributed by atoms with Gasteiger partial charge in [-0.1, -0.05) is 48.5 Å². The van der Waals surface area contributed by atoms with E-state index in [1.807, 2.05) is 6.07 Å². The van der Waals surface area contributed by atoms with E-state index >= 15 is 0 Å². The number of hydrogen-bond donors (Lipinski definition) is 1. The molecular formula is C15H15NO4S. The number of sulfonamides is 1. The van der Waals surface area contributed by atoms with Gasteiger partial charge in [-0.25, -0.2) is 13.6 Å². The number of carbonyl (C=O) groups excluding carboxylic acids is 1. The molecule has 0 aromatic heterocycles. The Kier molecular flexibility index (Phi) is 4.40. The van der Waals surface area contributed by atoms with Crippen molar-refractivity contribution in [2.24, 2.45) is 5.14 Å². The molecule has 0 spiro atoms. The van der Waals surface area contributed by atoms with Gasteiger partial charge in [0.1, 0.15) is 5.92 Å². The molecule has 0 fully saturated rings. The van der Waals surface area contributed by atoms with Crippen LogP contribution in [0, 0.1) is 0 Å². The van der Waals surface area contributed by atoms with Gasteiger partial charge in [0.15, 0.2) is 0 Å². The summed E-state index contributed by atoms with van der Waals surface area (Å²) in [5, 5.41) is 5.24. The molecule has 0 aliphatic rings. The van der Waals surface area contributed by atoms with Crippen LogP contribution in [-0.2, 0) is 19.6 Å². The zero-order chi connectivity index (χ0) is 15.5. The van der Waals surface area contributed by atoms with E-state index in [9.17, 15) is 13.2 Å². The smallest absolute Gasteiger partial charge is 0.317 e. The summed E-state index contributed by atoms with van der Waals surface area (Å²) in [7, 11) is -2.67. The number of methoxy groups -OCH3 is 1. The lowest BCUT2D eigenvalue weighted by Crippen LogP contribution is -2.21. The summed E-state index contributed by atoms with van der Waals surface area (Å²) in [6, 6.07) is 15.0. The van der Waals surface area contributed by atoms with Crippen LogP contribution in [0.25, 0.3) is 0 Å². The van der Waals surface area contributed by atoms with E-state index in [4.69, 9.17) is 9.88 Å². The van der Waals surface area contributed by atoms with Crippen LogP contribution >= 0.6 is 0 Å². The number of hydrogen-bond acceptors (Lipinski definition) is 4. The SMILES string of the molecule is COC(=O)C(c1ccccc1)c1ccccc1S(N)(=O)=O. The van der Waals surface area contributed by atoms with Crippen molar-refractivity contribution < 1.29 is 17.9 Å². The number of ether oxygens (including phenoxy) is 1. The molecule has 2 aromatic rings. The lowest BCUT2D eigenvalue weighted by atomic mass is 9.91. The minimum absolute atomic E-state index is 0.0794. The minimum atomic E-state index is -3.94. The fourth-order valence-corrected chi connectivity index (χ4v) is 2.97. The van der Waals surface area contributed by atoms with Crippen molar-refractivity contribution in [3.8, 4) is 0 Å². The van der Waals surface area contributed by atoms with Gasteiger partial charge >= 0.3 is 5.97 Å². The normalized spacial score (nSPS) is 12.7. The van der Waals surface area contributed by atoms with E-state index in [1.54, 1.807) is 42.5 Å². The average molecular weight is 305 g/mol. The molecule has 0 amide bonds. The largest absolute Gasteiger partial charge is 0.468 e. The molecule has 5 nitrogen and oxygen atoms in total. The third-order valence-corrected chi connectivity index (χ3v) is 4.09. The maximum Gasteiger partial charge on any atom is 0.317 e. The Morgan fingerprint density at radius 1 is 1.05 bits per heavy atom. The summed E-state index contributed by atoms with van der Waals surface area (Å²) < 4.78 is 28.3. The molecule has 21 heavy (non-hydrogen) atoms. The molecule has 0 saturated carbocycles. The van der Waals surface area contributed by atoms with Gasteiger partial charge in [0.25, 0.3) is 0 Å². The van der Waals surface area contributed by atoms with E-state index in [2.05, 4.69) is 0 Å². The summed E-state index contributed by atoms with van der Waals surface area (Å²) in [5.41, 5.74) is 0.943. The van der Waals surface area contributed by atoms with Crippen LogP contribution in [-0.4, -0.2) is 21.5 Å². The fraction of sp³-hybridized carbons (Fsp3) is 0.133. The van der Waals surface area contributed by atoms with Crippen molar-refractivity contribution in [1.82, 2.24) is 0 Å². The number of rotatable bonds is 4. The lowest BCUT2D eigenvalue weighted by Gasteiger charge is -2.18. The maximum atomic E-state index is 12.1. The monoisotopic (exact) mass is 305 g/mol. The Hall–Kier alpha value is -2.18. The second-order valence-corrected chi connectivity index (χ2v) is 5.98. The number of benzene rings is 2. The quantitative estimate of drug-likeness (QED) is 0.870. The average Bonchev–Trinajstić information content (AvgIpc) is 2.48. The van der Waals surface area contributed by atoms with Gasteiger partial charge < -0.3 is 4.74 Å². The standard InChI is InChI=1S/C15H15NO4S/c1-20-15(17)14(11-7-3-2-4-8-11)12-9-5-6-10-13(12)21(16,18)19/h2-10,14H,1H3,(H2,16,18,19). The first-order valence-electron chi connectivity index (χ1n) is 6.19. The Labute approximate surface area is 123 Å². The van der Waals surface area contributed by atoms with Crippen LogP contribution in [0.5, 0.6) is 0 Å². The van der Waals surface area contributed by atoms with Gasteiger partial charge in [0.05, 0.1) is 12.0 Å². The number of nitrogens with two attached hydrogens (primary N) is 1. The molecule has 0 aliphatic carbocycles. The van der Waals surface area contributed by atoms with Gasteiger partial charge in [-0.15, -0.1) is 0 Å². The maximum absolute atomic E-state index is 12.1. The molecule has 2 N–H and O–H groups in total. The second-order valence-electron chi connectivity index (χ2n) is 4.45. The molecule has 0 saturated heterocycles. The molecular weight excluding hydrogens is 290 g/mol. The predicted octanol–water partition coefficient (Wildman–Crippen LogP) is 1.64. The van der Waals surface area contributed by atoms with E-state index < -0.39 is 21.9 Å². The number of primary sulfonamides is 1. The van der Waals surface area contributed by atoms with Gasteiger partial charge in [-0.2, -0.15) is 0 Å². The number of esters is 1. The first-order valence-corrected chi connectivity index (χ1v) is 7.74. The molecule has 1 unspecified atom stereocenters. The van der Waals surface area contributed by atoms with Crippen LogP contribution < -0.4 is 5.14 Å². The topological polar surface area (TPSA) is 86.5 Å². The van der Waals surface area contributed by atoms with Crippen molar-refractivity contribution >= 4 is 16.0 Å². The highest BCUT2D eigenvalue weighted by atomic mass is 32.2. The van der Waals surface area contributed by atoms with Crippen LogP contribution in [0.4, 0.5) is 0 Å². The molecule has 110 valence electrons. The molecule has 2 rings (SSSR count). The highest BCUT2D eigenvalue weighted by Gasteiger charge is 2.28. The summed E-state index contributed by atoms with van der Waals surface area (Å²) in [6.07, 6.45) is 0. The Balaban J connectivity index is 2.67. The van der Waals surface area contributed by atoms with Crippen molar-refractivity contribution in [2.75, 3.05) is 7.11 Å². The van der Waals surface area contributed by atoms with E-state index in [-0.39, 0.29) is 4.90 Å². The van der Waals surface area contributed by atoms with Gasteiger partial charge in [0, 0.05) is 0 Å². The van der Waals surface area contributed by atoms with Crippen molar-refractivity contribution in [1.29, 1.82) is 0 Å². The molecule has 1 atom stereocenters. The number of carbonyl (C=O) groups is 1. The van der Waals surface area contributed by atoms with E-state index in [0.717, 1.165) is 0 Å². The minimum Gasteiger partial charge on any atom is -0.468 e. The van der Waals surface area contributed by atoms with Crippen LogP contribution in [0.1, 0.15) is 17.0 Å². The van der Waals surface area contributed by atoms with Gasteiger partial charge in [0.2, 0.25) is 10.0 Å². The third-order valence-electron chi connectivity index (χ3n) is 3.11. The van der Waals surface area contributed by atoms with Crippen LogP contribution in [0.15, 0.2) is 59.5 Å². The highest BCUT2D eigenvalue weighted by Crippen LogP contribution is 2.30. The molecule has 0 aliphatic heterocycles. The zero-order valence-corrected chi connectivity index (χ0v) is 12.2. The highest BCUT2D eigenvalue weighted by molar-refractivity contribution is 7.89. The molecule has 6 heteroatoms.